The molecular weight excluding hydrogens is 695 g/mol. The third-order valence-corrected chi connectivity index (χ3v) is 12.6. The summed E-state index contributed by atoms with van der Waals surface area (Å²) in [5.74, 6) is 0. The van der Waals surface area contributed by atoms with Gasteiger partial charge in [0.25, 0.3) is 0 Å². The summed E-state index contributed by atoms with van der Waals surface area (Å²) >= 11 is 0. The molecule has 8 nitrogen and oxygen atoms in total. The highest BCUT2D eigenvalue weighted by molar-refractivity contribution is 6.82. The zero-order valence-electron chi connectivity index (χ0n) is 24.4. The van der Waals surface area contributed by atoms with E-state index >= 15 is 0 Å². The maximum absolute atomic E-state index is 13.8. The quantitative estimate of drug-likeness (QED) is 0.0947. The van der Waals surface area contributed by atoms with Gasteiger partial charge < -0.3 is 23.5 Å². The van der Waals surface area contributed by atoms with E-state index in [0.29, 0.717) is 12.8 Å². The van der Waals surface area contributed by atoms with Crippen LogP contribution in [0.1, 0.15) is 38.5 Å². The Bertz CT molecular complexity index is 914. The van der Waals surface area contributed by atoms with Gasteiger partial charge in [0.15, 0.2) is 8.32 Å². The predicted molar refractivity (Wildman–Crippen MR) is 130 cm³/mol. The molecule has 1 aliphatic carbocycles. The van der Waals surface area contributed by atoms with Gasteiger partial charge in [-0.2, -0.15) is 43.9 Å². The maximum Gasteiger partial charge on any atom is 0.527 e. The van der Waals surface area contributed by atoms with Crippen LogP contribution in [-0.4, -0.2) is 95.5 Å². The van der Waals surface area contributed by atoms with Crippen molar-refractivity contribution in [1.82, 2.24) is 0 Å². The van der Waals surface area contributed by atoms with Crippen LogP contribution < -0.4 is 0 Å². The summed E-state index contributed by atoms with van der Waals surface area (Å²) in [6.07, 6.45) is -39.6. The number of alkyl halides is 13. The molecule has 0 spiro atoms. The van der Waals surface area contributed by atoms with Crippen molar-refractivity contribution in [3.05, 3.63) is 0 Å². The van der Waals surface area contributed by atoms with Crippen molar-refractivity contribution in [2.45, 2.75) is 126 Å². The molecule has 0 aromatic rings. The van der Waals surface area contributed by atoms with Crippen LogP contribution in [0.15, 0.2) is 0 Å². The lowest BCUT2D eigenvalue weighted by Crippen LogP contribution is -2.57. The Morgan fingerprint density at radius 1 is 0.644 bits per heavy atom. The normalized spacial score (nSPS) is 22.3. The fraction of sp³-hybridized carbons (Fsp3) is 1.00. The minimum absolute atomic E-state index is 0.0648. The van der Waals surface area contributed by atoms with Crippen LogP contribution in [0.25, 0.3) is 0 Å². The van der Waals surface area contributed by atoms with Crippen LogP contribution in [0, 0.1) is 0 Å². The molecule has 1 saturated carbocycles. The van der Waals surface area contributed by atoms with Gasteiger partial charge in [0, 0.05) is 6.61 Å². The molecule has 2 atom stereocenters. The molecule has 45 heavy (non-hydrogen) atoms. The number of hydrogen-bond donors (Lipinski definition) is 2. The SMILES string of the molecule is C[Si](C)(CCCOCC(F)(F)OC(F)(F)C(F)(F)OC(F)(F)C(F)(F)OC(F)(F)F)O[Si](C)(C)OC1C(O)CCCCCC1O. The number of aliphatic hydroxyl groups excluding tert-OH is 2. The van der Waals surface area contributed by atoms with E-state index in [2.05, 4.69) is 9.47 Å². The Morgan fingerprint density at radius 2 is 1.09 bits per heavy atom. The van der Waals surface area contributed by atoms with E-state index in [4.69, 9.17) is 8.54 Å². The van der Waals surface area contributed by atoms with Gasteiger partial charge in [0.1, 0.15) is 6.61 Å². The third-order valence-electron chi connectivity index (χ3n) is 5.99. The lowest BCUT2D eigenvalue weighted by molar-refractivity contribution is -0.564. The van der Waals surface area contributed by atoms with Gasteiger partial charge in [-0.15, -0.1) is 13.2 Å². The van der Waals surface area contributed by atoms with E-state index in [-0.39, 0.29) is 12.5 Å². The van der Waals surface area contributed by atoms with Gasteiger partial charge in [-0.3, -0.25) is 0 Å². The van der Waals surface area contributed by atoms with E-state index in [1.807, 2.05) is 0 Å². The van der Waals surface area contributed by atoms with Crippen LogP contribution in [-0.2, 0) is 27.5 Å². The van der Waals surface area contributed by atoms with Gasteiger partial charge >= 0.3 is 45.5 Å². The summed E-state index contributed by atoms with van der Waals surface area (Å²) in [5, 5.41) is 20.8. The predicted octanol–water partition coefficient (Wildman–Crippen LogP) is 6.92. The van der Waals surface area contributed by atoms with Gasteiger partial charge in [0.2, 0.25) is 0 Å². The van der Waals surface area contributed by atoms with Crippen LogP contribution >= 0.6 is 0 Å². The molecule has 23 heteroatoms. The Morgan fingerprint density at radius 3 is 1.56 bits per heavy atom. The topological polar surface area (TPSA) is 95.8 Å². The summed E-state index contributed by atoms with van der Waals surface area (Å²) in [4.78, 5) is 0. The summed E-state index contributed by atoms with van der Waals surface area (Å²) in [6.45, 7) is 3.93. The molecular formula is C22H35F13O8Si2. The standard InChI is InChI=1S/C22H35F13O8Si2/c1-44(2,43-45(3,4)39-16-14(36)9-6-5-7-10-15(16)37)12-8-11-38-13-17(23,24)40-18(25,26)19(27,28)41-20(29,30)21(31,32)42-22(33,34)35/h14-16,36-37H,5-13H2,1-4H3. The molecule has 0 amide bonds. The highest BCUT2D eigenvalue weighted by Gasteiger charge is 2.74. The van der Waals surface area contributed by atoms with Crippen molar-refractivity contribution in [2.75, 3.05) is 13.2 Å². The second-order valence-corrected chi connectivity index (χ2v) is 19.1. The highest BCUT2D eigenvalue weighted by atomic mass is 28.4. The number of aliphatic hydroxyl groups is 2. The minimum Gasteiger partial charge on any atom is -0.436 e. The summed E-state index contributed by atoms with van der Waals surface area (Å²) in [6, 6.07) is 0.181. The molecule has 0 saturated heterocycles. The molecule has 0 aromatic carbocycles. The number of ether oxygens (including phenoxy) is 4. The molecule has 1 rings (SSSR count). The monoisotopic (exact) mass is 730 g/mol. The zero-order valence-corrected chi connectivity index (χ0v) is 26.4. The molecule has 0 bridgehead atoms. The molecule has 270 valence electrons. The van der Waals surface area contributed by atoms with E-state index in [1.54, 1.807) is 35.7 Å². The first kappa shape index (κ1) is 42.2. The molecule has 2 N–H and O–H groups in total. The Balaban J connectivity index is 2.67. The summed E-state index contributed by atoms with van der Waals surface area (Å²) < 4.78 is 192. The highest BCUT2D eigenvalue weighted by Crippen LogP contribution is 2.48. The summed E-state index contributed by atoms with van der Waals surface area (Å²) in [5.41, 5.74) is 0. The molecule has 1 fully saturated rings. The minimum atomic E-state index is -7.11. The third kappa shape index (κ3) is 14.1. The van der Waals surface area contributed by atoms with Crippen LogP contribution in [0.5, 0.6) is 0 Å². The van der Waals surface area contributed by atoms with Gasteiger partial charge in [0.05, 0.1) is 18.3 Å². The van der Waals surface area contributed by atoms with Crippen LogP contribution in [0.3, 0.4) is 0 Å². The fourth-order valence-corrected chi connectivity index (χ4v) is 12.1. The van der Waals surface area contributed by atoms with Gasteiger partial charge in [-0.25, -0.2) is 14.2 Å². The first-order valence-electron chi connectivity index (χ1n) is 13.3. The first-order valence-corrected chi connectivity index (χ1v) is 19.2. The Kier molecular flexibility index (Phi) is 14.2. The van der Waals surface area contributed by atoms with Crippen LogP contribution in [0.4, 0.5) is 57.1 Å². The second kappa shape index (κ2) is 15.2. The van der Waals surface area contributed by atoms with E-state index < -0.39 is 85.3 Å². The van der Waals surface area contributed by atoms with Crippen LogP contribution in [0.2, 0.25) is 32.2 Å². The molecule has 0 heterocycles. The van der Waals surface area contributed by atoms with Gasteiger partial charge in [-0.05, 0) is 51.5 Å². The Labute approximate surface area is 251 Å². The molecule has 0 aromatic heterocycles. The molecule has 0 radical (unpaired) electrons. The lowest BCUT2D eigenvalue weighted by atomic mass is 9.94. The number of hydrogen-bond acceptors (Lipinski definition) is 8. The van der Waals surface area contributed by atoms with Crippen molar-refractivity contribution in [1.29, 1.82) is 0 Å². The smallest absolute Gasteiger partial charge is 0.436 e. The van der Waals surface area contributed by atoms with Gasteiger partial charge in [-0.1, -0.05) is 19.3 Å². The second-order valence-electron chi connectivity index (χ2n) is 11.2. The zero-order chi connectivity index (χ0) is 35.3. The number of halogens is 13. The molecule has 1 aliphatic rings. The van der Waals surface area contributed by atoms with Crippen molar-refractivity contribution >= 4 is 16.9 Å². The molecule has 2 unspecified atom stereocenters. The van der Waals surface area contributed by atoms with E-state index in [9.17, 15) is 67.3 Å². The summed E-state index contributed by atoms with van der Waals surface area (Å²) in [7, 11) is -5.68. The van der Waals surface area contributed by atoms with Crippen molar-refractivity contribution in [2.24, 2.45) is 0 Å². The van der Waals surface area contributed by atoms with E-state index in [0.717, 1.165) is 19.3 Å². The number of rotatable bonds is 17. The molecule has 0 aliphatic heterocycles. The average molecular weight is 731 g/mol. The Hall–Kier alpha value is -0.796. The fourth-order valence-electron chi connectivity index (χ4n) is 4.25. The van der Waals surface area contributed by atoms with Crippen molar-refractivity contribution in [3.8, 4) is 0 Å². The maximum atomic E-state index is 13.8. The first-order chi connectivity index (χ1) is 19.9. The largest absolute Gasteiger partial charge is 0.527 e. The average Bonchev–Trinajstić information content (AvgIpc) is 2.77. The van der Waals surface area contributed by atoms with Crippen molar-refractivity contribution < 1.29 is 94.8 Å². The van der Waals surface area contributed by atoms with Crippen molar-refractivity contribution in [3.63, 3.8) is 0 Å². The van der Waals surface area contributed by atoms with E-state index in [1.165, 1.54) is 0 Å². The lowest BCUT2D eigenvalue weighted by Gasteiger charge is -2.39.